The van der Waals surface area contributed by atoms with Gasteiger partial charge in [-0.2, -0.15) is 0 Å². The third-order valence-corrected chi connectivity index (χ3v) is 5.05. The van der Waals surface area contributed by atoms with E-state index in [0.717, 1.165) is 41.7 Å². The van der Waals surface area contributed by atoms with E-state index in [2.05, 4.69) is 20.2 Å². The van der Waals surface area contributed by atoms with E-state index in [1.807, 2.05) is 18.2 Å². The Bertz CT molecular complexity index is 1080. The summed E-state index contributed by atoms with van der Waals surface area (Å²) in [5, 5.41) is 3.19. The van der Waals surface area contributed by atoms with Crippen molar-refractivity contribution in [2.24, 2.45) is 0 Å². The van der Waals surface area contributed by atoms with Crippen LogP contribution in [0.5, 0.6) is 11.5 Å². The number of nitrogens with zero attached hydrogens (tertiary/aromatic N) is 3. The summed E-state index contributed by atoms with van der Waals surface area (Å²) in [7, 11) is 0. The molecule has 0 atom stereocenters. The normalized spacial score (nSPS) is 15.2. The fourth-order valence-corrected chi connectivity index (χ4v) is 3.56. The molecule has 2 aliphatic rings. The molecule has 5 rings (SSSR count). The van der Waals surface area contributed by atoms with Gasteiger partial charge in [-0.15, -0.1) is 0 Å². The lowest BCUT2D eigenvalue weighted by Gasteiger charge is -2.28. The summed E-state index contributed by atoms with van der Waals surface area (Å²) >= 11 is 0. The Morgan fingerprint density at radius 3 is 2.86 bits per heavy atom. The molecule has 0 radical (unpaired) electrons. The number of anilines is 2. The minimum absolute atomic E-state index is 0.229. The first kappa shape index (κ1) is 17.8. The molecule has 6 nitrogen and oxygen atoms in total. The van der Waals surface area contributed by atoms with Crippen molar-refractivity contribution < 1.29 is 18.3 Å². The second-order valence-corrected chi connectivity index (χ2v) is 7.05. The van der Waals surface area contributed by atoms with Gasteiger partial charge in [0, 0.05) is 61.2 Å². The molecule has 0 amide bonds. The Hall–Kier alpha value is -3.26. The third kappa shape index (κ3) is 3.71. The quantitative estimate of drug-likeness (QED) is 0.724. The summed E-state index contributed by atoms with van der Waals surface area (Å²) in [5.41, 5.74) is 3.28. The average Bonchev–Trinajstić information content (AvgIpc) is 3.18. The van der Waals surface area contributed by atoms with Crippen molar-refractivity contribution in [1.82, 2.24) is 14.9 Å². The summed E-state index contributed by atoms with van der Waals surface area (Å²) in [6.45, 7) is 2.01. The maximum Gasteiger partial charge on any atom is 0.231 e. The van der Waals surface area contributed by atoms with E-state index in [-0.39, 0.29) is 6.79 Å². The second kappa shape index (κ2) is 7.29. The van der Waals surface area contributed by atoms with Crippen LogP contribution in [0.3, 0.4) is 0 Å². The number of aromatic nitrogens is 2. The van der Waals surface area contributed by atoms with Gasteiger partial charge in [-0.3, -0.25) is 4.90 Å². The number of ether oxygens (including phenoxy) is 2. The Balaban J connectivity index is 1.28. The predicted molar refractivity (Wildman–Crippen MR) is 102 cm³/mol. The highest BCUT2D eigenvalue weighted by atomic mass is 19.1. The van der Waals surface area contributed by atoms with E-state index in [4.69, 9.17) is 9.47 Å². The highest BCUT2D eigenvalue weighted by molar-refractivity contribution is 5.60. The van der Waals surface area contributed by atoms with Crippen LogP contribution in [0.25, 0.3) is 0 Å². The maximum atomic E-state index is 13.9. The zero-order valence-electron chi connectivity index (χ0n) is 15.5. The largest absolute Gasteiger partial charge is 0.454 e. The molecule has 2 aromatic carbocycles. The van der Waals surface area contributed by atoms with Crippen molar-refractivity contribution in [3.05, 3.63) is 71.1 Å². The molecule has 3 aromatic rings. The topological polar surface area (TPSA) is 59.5 Å². The van der Waals surface area contributed by atoms with Gasteiger partial charge in [-0.1, -0.05) is 6.07 Å². The molecule has 1 aromatic heterocycles. The van der Waals surface area contributed by atoms with Crippen molar-refractivity contribution in [2.75, 3.05) is 18.7 Å². The van der Waals surface area contributed by atoms with E-state index < -0.39 is 11.6 Å². The van der Waals surface area contributed by atoms with Gasteiger partial charge in [0.2, 0.25) is 12.7 Å². The number of nitrogens with one attached hydrogen (secondary N) is 1. The van der Waals surface area contributed by atoms with E-state index >= 15 is 0 Å². The fraction of sp³-hybridized carbons (Fsp3) is 0.238. The van der Waals surface area contributed by atoms with E-state index in [1.54, 1.807) is 6.20 Å². The molecule has 0 fully saturated rings. The monoisotopic (exact) mass is 396 g/mol. The van der Waals surface area contributed by atoms with Gasteiger partial charge >= 0.3 is 0 Å². The van der Waals surface area contributed by atoms with E-state index in [0.29, 0.717) is 30.4 Å². The SMILES string of the molecule is Fc1ccc(CN2CCc3nc(Nc4ccc5c(c4)OCO5)ncc3C2)c(F)c1. The molecule has 3 heterocycles. The Morgan fingerprint density at radius 1 is 1.07 bits per heavy atom. The smallest absolute Gasteiger partial charge is 0.231 e. The van der Waals surface area contributed by atoms with Gasteiger partial charge in [-0.05, 0) is 18.2 Å². The van der Waals surface area contributed by atoms with Crippen LogP contribution in [-0.4, -0.2) is 28.2 Å². The lowest BCUT2D eigenvalue weighted by atomic mass is 10.1. The van der Waals surface area contributed by atoms with Gasteiger partial charge < -0.3 is 14.8 Å². The van der Waals surface area contributed by atoms with E-state index in [1.165, 1.54) is 12.1 Å². The first-order valence-corrected chi connectivity index (χ1v) is 9.32. The number of rotatable bonds is 4. The Kier molecular flexibility index (Phi) is 4.48. The Labute approximate surface area is 166 Å². The van der Waals surface area contributed by atoms with Crippen molar-refractivity contribution >= 4 is 11.6 Å². The molecule has 1 N–H and O–H groups in total. The molecule has 0 saturated heterocycles. The highest BCUT2D eigenvalue weighted by Gasteiger charge is 2.20. The van der Waals surface area contributed by atoms with Gasteiger partial charge in [0.1, 0.15) is 11.6 Å². The van der Waals surface area contributed by atoms with E-state index in [9.17, 15) is 8.78 Å². The number of hydrogen-bond donors (Lipinski definition) is 1. The zero-order chi connectivity index (χ0) is 19.8. The molecule has 0 bridgehead atoms. The minimum atomic E-state index is -0.564. The molecule has 0 unspecified atom stereocenters. The van der Waals surface area contributed by atoms with Gasteiger partial charge in [0.05, 0.1) is 5.69 Å². The average molecular weight is 396 g/mol. The maximum absolute atomic E-state index is 13.9. The Morgan fingerprint density at radius 2 is 1.97 bits per heavy atom. The number of halogens is 2. The molecular formula is C21H18F2N4O2. The summed E-state index contributed by atoms with van der Waals surface area (Å²) in [4.78, 5) is 11.1. The predicted octanol–water partition coefficient (Wildman–Crippen LogP) is 3.79. The van der Waals surface area contributed by atoms with Crippen LogP contribution in [0.15, 0.2) is 42.6 Å². The van der Waals surface area contributed by atoms with Gasteiger partial charge in [-0.25, -0.2) is 18.7 Å². The van der Waals surface area contributed by atoms with Crippen LogP contribution in [0.1, 0.15) is 16.8 Å². The second-order valence-electron chi connectivity index (χ2n) is 7.05. The van der Waals surface area contributed by atoms with Crippen molar-refractivity contribution in [1.29, 1.82) is 0 Å². The summed E-state index contributed by atoms with van der Waals surface area (Å²) in [6.07, 6.45) is 2.53. The standard InChI is InChI=1S/C21H18F2N4O2/c22-15-2-1-13(17(23)7-15)10-27-6-5-18-14(11-27)9-24-21(26-18)25-16-3-4-19-20(8-16)29-12-28-19/h1-4,7-9H,5-6,10-12H2,(H,24,25,26). The van der Waals surface area contributed by atoms with Crippen LogP contribution in [0.4, 0.5) is 20.4 Å². The molecule has 148 valence electrons. The molecule has 0 aliphatic carbocycles. The first-order valence-electron chi connectivity index (χ1n) is 9.32. The summed E-state index contributed by atoms with van der Waals surface area (Å²) in [6, 6.07) is 9.28. The van der Waals surface area contributed by atoms with Gasteiger partial charge in [0.15, 0.2) is 11.5 Å². The van der Waals surface area contributed by atoms with Gasteiger partial charge in [0.25, 0.3) is 0 Å². The lowest BCUT2D eigenvalue weighted by molar-refractivity contribution is 0.174. The zero-order valence-corrected chi connectivity index (χ0v) is 15.5. The number of benzene rings is 2. The highest BCUT2D eigenvalue weighted by Crippen LogP contribution is 2.35. The molecule has 8 heteroatoms. The van der Waals surface area contributed by atoms with Crippen molar-refractivity contribution in [3.8, 4) is 11.5 Å². The van der Waals surface area contributed by atoms with Crippen molar-refractivity contribution in [2.45, 2.75) is 19.5 Å². The summed E-state index contributed by atoms with van der Waals surface area (Å²) < 4.78 is 37.7. The lowest BCUT2D eigenvalue weighted by Crippen LogP contribution is -2.31. The molecule has 2 aliphatic heterocycles. The molecule has 29 heavy (non-hydrogen) atoms. The van der Waals surface area contributed by atoms with Crippen LogP contribution in [0, 0.1) is 11.6 Å². The fourth-order valence-electron chi connectivity index (χ4n) is 3.56. The number of fused-ring (bicyclic) bond motifs is 2. The molecular weight excluding hydrogens is 378 g/mol. The van der Waals surface area contributed by atoms with Crippen molar-refractivity contribution in [3.63, 3.8) is 0 Å². The van der Waals surface area contributed by atoms with Crippen LogP contribution < -0.4 is 14.8 Å². The molecule has 0 spiro atoms. The summed E-state index contributed by atoms with van der Waals surface area (Å²) in [5.74, 6) is 0.846. The number of hydrogen-bond acceptors (Lipinski definition) is 6. The minimum Gasteiger partial charge on any atom is -0.454 e. The molecule has 0 saturated carbocycles. The third-order valence-electron chi connectivity index (χ3n) is 5.05. The van der Waals surface area contributed by atoms with Crippen LogP contribution >= 0.6 is 0 Å². The van der Waals surface area contributed by atoms with Crippen LogP contribution in [0.2, 0.25) is 0 Å². The van der Waals surface area contributed by atoms with Crippen LogP contribution in [-0.2, 0) is 19.5 Å². The first-order chi connectivity index (χ1) is 14.1.